The average molecular weight is 350 g/mol. The van der Waals surface area contributed by atoms with Gasteiger partial charge in [0, 0.05) is 5.69 Å². The van der Waals surface area contributed by atoms with Crippen LogP contribution < -0.4 is 5.32 Å². The number of rotatable bonds is 2. The minimum Gasteiger partial charge on any atom is -0.325 e. The topological polar surface area (TPSA) is 29.1 Å². The van der Waals surface area contributed by atoms with Gasteiger partial charge in [-0.25, -0.2) is 0 Å². The highest BCUT2D eigenvalue weighted by Gasteiger charge is 2.30. The summed E-state index contributed by atoms with van der Waals surface area (Å²) in [5, 5.41) is 3.09. The molecule has 2 atom stereocenters. The number of alkyl halides is 1. The number of anilines is 1. The van der Waals surface area contributed by atoms with Gasteiger partial charge >= 0.3 is 0 Å². The van der Waals surface area contributed by atoms with Gasteiger partial charge in [0.1, 0.15) is 0 Å². The number of halogens is 1. The Hall–Kier alpha value is -0.830. The molecule has 1 heterocycles. The zero-order valence-electron chi connectivity index (χ0n) is 12.7. The van der Waals surface area contributed by atoms with Crippen LogP contribution in [0.4, 0.5) is 5.69 Å². The van der Waals surface area contributed by atoms with Gasteiger partial charge in [-0.2, -0.15) is 0 Å². The van der Waals surface area contributed by atoms with Crippen molar-refractivity contribution in [3.8, 4) is 0 Å². The fraction of sp³-hybridized carbons (Fsp3) is 0.611. The van der Waals surface area contributed by atoms with E-state index in [0.717, 1.165) is 18.0 Å². The number of fused-ring (bicyclic) bond motifs is 1. The van der Waals surface area contributed by atoms with Crippen molar-refractivity contribution >= 4 is 27.5 Å². The highest BCUT2D eigenvalue weighted by Crippen LogP contribution is 2.41. The fourth-order valence-electron chi connectivity index (χ4n) is 3.88. The zero-order chi connectivity index (χ0) is 14.8. The third-order valence-corrected chi connectivity index (χ3v) is 5.81. The van der Waals surface area contributed by atoms with E-state index in [1.807, 2.05) is 0 Å². The van der Waals surface area contributed by atoms with Gasteiger partial charge in [-0.3, -0.25) is 4.79 Å². The molecule has 1 N–H and O–H groups in total. The van der Waals surface area contributed by atoms with Crippen molar-refractivity contribution < 1.29 is 4.79 Å². The van der Waals surface area contributed by atoms with Crippen molar-refractivity contribution in [2.24, 2.45) is 5.92 Å². The molecule has 1 aromatic carbocycles. The lowest BCUT2D eigenvalue weighted by Gasteiger charge is -2.27. The Morgan fingerprint density at radius 1 is 1.24 bits per heavy atom. The molecule has 0 spiro atoms. The van der Waals surface area contributed by atoms with Crippen molar-refractivity contribution in [3.05, 3.63) is 29.3 Å². The molecule has 1 aliphatic heterocycles. The van der Waals surface area contributed by atoms with Gasteiger partial charge in [0.15, 0.2) is 0 Å². The Morgan fingerprint density at radius 2 is 2.00 bits per heavy atom. The Bertz CT molecular complexity index is 522. The van der Waals surface area contributed by atoms with E-state index in [1.165, 1.54) is 49.7 Å². The van der Waals surface area contributed by atoms with Gasteiger partial charge in [-0.15, -0.1) is 0 Å². The van der Waals surface area contributed by atoms with Crippen LogP contribution in [0.15, 0.2) is 18.2 Å². The van der Waals surface area contributed by atoms with Crippen LogP contribution in [0.3, 0.4) is 0 Å². The van der Waals surface area contributed by atoms with Crippen LogP contribution in [-0.4, -0.2) is 10.7 Å². The highest BCUT2D eigenvalue weighted by molar-refractivity contribution is 9.10. The fourth-order valence-corrected chi connectivity index (χ4v) is 4.44. The smallest absolute Gasteiger partial charge is 0.238 e. The molecule has 3 heteroatoms. The summed E-state index contributed by atoms with van der Waals surface area (Å²) in [7, 11) is 0. The molecule has 2 nitrogen and oxygen atoms in total. The zero-order valence-corrected chi connectivity index (χ0v) is 14.3. The van der Waals surface area contributed by atoms with Crippen LogP contribution in [0.2, 0.25) is 0 Å². The summed E-state index contributed by atoms with van der Waals surface area (Å²) in [5.74, 6) is 1.44. The summed E-state index contributed by atoms with van der Waals surface area (Å²) < 4.78 is 0. The van der Waals surface area contributed by atoms with E-state index in [4.69, 9.17) is 0 Å². The summed E-state index contributed by atoms with van der Waals surface area (Å²) >= 11 is 3.57. The molecular formula is C18H24BrNO. The lowest BCUT2D eigenvalue weighted by molar-refractivity contribution is -0.115. The number of benzene rings is 1. The maximum absolute atomic E-state index is 12.2. The third kappa shape index (κ3) is 3.50. The van der Waals surface area contributed by atoms with Crippen molar-refractivity contribution in [2.75, 3.05) is 5.32 Å². The first-order chi connectivity index (χ1) is 10.1. The Labute approximate surface area is 135 Å². The van der Waals surface area contributed by atoms with Gasteiger partial charge in [0.2, 0.25) is 5.91 Å². The first-order valence-electron chi connectivity index (χ1n) is 8.19. The highest BCUT2D eigenvalue weighted by atomic mass is 79.9. The lowest BCUT2D eigenvalue weighted by Crippen LogP contribution is -2.21. The third-order valence-electron chi connectivity index (χ3n) is 5.03. The molecule has 1 aromatic rings. The quantitative estimate of drug-likeness (QED) is 0.734. The molecule has 2 aliphatic rings. The van der Waals surface area contributed by atoms with Crippen molar-refractivity contribution in [1.29, 1.82) is 0 Å². The van der Waals surface area contributed by atoms with E-state index in [-0.39, 0.29) is 10.7 Å². The number of carbonyl (C=O) groups excluding carboxylic acids is 1. The van der Waals surface area contributed by atoms with Crippen LogP contribution in [0, 0.1) is 12.8 Å². The van der Waals surface area contributed by atoms with E-state index in [0.29, 0.717) is 5.92 Å². The number of amides is 1. The Morgan fingerprint density at radius 3 is 2.76 bits per heavy atom. The first kappa shape index (κ1) is 15.1. The molecule has 1 saturated carbocycles. The number of carbonyl (C=O) groups is 1. The molecule has 0 bridgehead atoms. The summed E-state index contributed by atoms with van der Waals surface area (Å²) in [6, 6.07) is 6.52. The maximum atomic E-state index is 12.2. The molecule has 21 heavy (non-hydrogen) atoms. The summed E-state index contributed by atoms with van der Waals surface area (Å²) in [5.41, 5.74) is 3.57. The molecule has 3 rings (SSSR count). The minimum absolute atomic E-state index is 0.0706. The molecule has 1 aliphatic carbocycles. The monoisotopic (exact) mass is 349 g/mol. The summed E-state index contributed by atoms with van der Waals surface area (Å²) in [6.07, 6.45) is 9.04. The second-order valence-corrected chi connectivity index (χ2v) is 7.83. The second-order valence-electron chi connectivity index (χ2n) is 6.72. The largest absolute Gasteiger partial charge is 0.325 e. The summed E-state index contributed by atoms with van der Waals surface area (Å²) in [6.45, 7) is 2.08. The van der Waals surface area contributed by atoms with Crippen LogP contribution in [0.5, 0.6) is 0 Å². The molecule has 1 amide bonds. The average Bonchev–Trinajstić information content (AvgIpc) is 2.58. The standard InChI is InChI=1S/C18H24BrNO/c1-12-7-8-15-14(10-13-5-3-2-4-6-13)11-16(19)18(21)20-17(15)9-12/h7-9,13-14,16H,2-6,10-11H2,1H3,(H,20,21). The van der Waals surface area contributed by atoms with Gasteiger partial charge in [-0.05, 0) is 48.8 Å². The van der Waals surface area contributed by atoms with E-state index < -0.39 is 0 Å². The van der Waals surface area contributed by atoms with Gasteiger partial charge in [0.05, 0.1) is 4.83 Å². The van der Waals surface area contributed by atoms with Gasteiger partial charge in [-0.1, -0.05) is 60.2 Å². The predicted molar refractivity (Wildman–Crippen MR) is 91.1 cm³/mol. The van der Waals surface area contributed by atoms with Crippen LogP contribution in [-0.2, 0) is 4.79 Å². The van der Waals surface area contributed by atoms with E-state index in [1.54, 1.807) is 0 Å². The van der Waals surface area contributed by atoms with Gasteiger partial charge in [0.25, 0.3) is 0 Å². The first-order valence-corrected chi connectivity index (χ1v) is 9.10. The molecule has 2 unspecified atom stereocenters. The van der Waals surface area contributed by atoms with Gasteiger partial charge < -0.3 is 5.32 Å². The molecule has 1 fully saturated rings. The second kappa shape index (κ2) is 6.51. The van der Waals surface area contributed by atoms with Crippen LogP contribution in [0.25, 0.3) is 0 Å². The number of hydrogen-bond acceptors (Lipinski definition) is 1. The number of nitrogens with one attached hydrogen (secondary N) is 1. The number of aryl methyl sites for hydroxylation is 1. The molecule has 0 saturated heterocycles. The van der Waals surface area contributed by atoms with Crippen molar-refractivity contribution in [3.63, 3.8) is 0 Å². The Balaban J connectivity index is 1.85. The van der Waals surface area contributed by atoms with E-state index >= 15 is 0 Å². The predicted octanol–water partition coefficient (Wildman–Crippen LogP) is 5.15. The van der Waals surface area contributed by atoms with E-state index in [2.05, 4.69) is 46.4 Å². The van der Waals surface area contributed by atoms with Crippen molar-refractivity contribution in [2.45, 2.75) is 62.6 Å². The molecule has 114 valence electrons. The maximum Gasteiger partial charge on any atom is 0.238 e. The Kier molecular flexibility index (Phi) is 4.68. The lowest BCUT2D eigenvalue weighted by atomic mass is 9.79. The minimum atomic E-state index is -0.0706. The molecule has 0 radical (unpaired) electrons. The summed E-state index contributed by atoms with van der Waals surface area (Å²) in [4.78, 5) is 12.1. The SMILES string of the molecule is Cc1ccc2c(c1)NC(=O)C(Br)CC2CC1CCCCC1. The number of hydrogen-bond donors (Lipinski definition) is 1. The van der Waals surface area contributed by atoms with E-state index in [9.17, 15) is 4.79 Å². The van der Waals surface area contributed by atoms with Crippen molar-refractivity contribution in [1.82, 2.24) is 0 Å². The van der Waals surface area contributed by atoms with Crippen LogP contribution in [0.1, 0.15) is 62.0 Å². The molecule has 0 aromatic heterocycles. The van der Waals surface area contributed by atoms with Crippen LogP contribution >= 0.6 is 15.9 Å². The molecular weight excluding hydrogens is 326 g/mol. The normalized spacial score (nSPS) is 26.9.